The van der Waals surface area contributed by atoms with Crippen molar-refractivity contribution in [3.8, 4) is 0 Å². The molecule has 0 fully saturated rings. The highest BCUT2D eigenvalue weighted by Crippen LogP contribution is 2.26. The number of aryl methyl sites for hydroxylation is 2. The average molecular weight is 341 g/mol. The molecule has 0 aliphatic heterocycles. The molecule has 2 rings (SSSR count). The van der Waals surface area contributed by atoms with Gasteiger partial charge in [0.25, 0.3) is 5.91 Å². The van der Waals surface area contributed by atoms with E-state index in [2.05, 4.69) is 47.7 Å². The number of para-hydroxylation sites is 1. The molecular formula is C20H27N3O2. The normalized spacial score (nSPS) is 10.5. The number of aromatic nitrogens is 1. The van der Waals surface area contributed by atoms with Crippen molar-refractivity contribution in [2.45, 2.75) is 33.1 Å². The molecule has 0 unspecified atom stereocenters. The minimum Gasteiger partial charge on any atom is -0.385 e. The maximum absolute atomic E-state index is 12.2. The number of anilines is 2. The number of benzene rings is 1. The summed E-state index contributed by atoms with van der Waals surface area (Å²) in [6.45, 7) is 5.50. The van der Waals surface area contributed by atoms with Crippen LogP contribution < -0.4 is 10.6 Å². The van der Waals surface area contributed by atoms with Gasteiger partial charge >= 0.3 is 0 Å². The van der Waals surface area contributed by atoms with Gasteiger partial charge in [-0.2, -0.15) is 0 Å². The number of carbonyl (C=O) groups is 1. The summed E-state index contributed by atoms with van der Waals surface area (Å²) < 4.78 is 4.98. The maximum atomic E-state index is 12.2. The van der Waals surface area contributed by atoms with E-state index in [9.17, 15) is 4.79 Å². The Labute approximate surface area is 149 Å². The Kier molecular flexibility index (Phi) is 7.41. The van der Waals surface area contributed by atoms with Gasteiger partial charge in [0.15, 0.2) is 0 Å². The molecule has 2 aromatic rings. The maximum Gasteiger partial charge on any atom is 0.252 e. The number of ether oxygens (including phenoxy) is 1. The summed E-state index contributed by atoms with van der Waals surface area (Å²) in [5, 5.41) is 6.34. The van der Waals surface area contributed by atoms with Gasteiger partial charge in [0.1, 0.15) is 0 Å². The van der Waals surface area contributed by atoms with Crippen molar-refractivity contribution >= 4 is 17.3 Å². The molecule has 0 radical (unpaired) electrons. The summed E-state index contributed by atoms with van der Waals surface area (Å²) in [4.78, 5) is 16.4. The summed E-state index contributed by atoms with van der Waals surface area (Å²) in [6.07, 6.45) is 6.01. The fourth-order valence-corrected chi connectivity index (χ4v) is 2.70. The quantitative estimate of drug-likeness (QED) is 0.683. The highest BCUT2D eigenvalue weighted by molar-refractivity contribution is 5.94. The lowest BCUT2D eigenvalue weighted by molar-refractivity contribution is 0.0948. The molecule has 2 N–H and O–H groups in total. The molecule has 25 heavy (non-hydrogen) atoms. The predicted molar refractivity (Wildman–Crippen MR) is 102 cm³/mol. The lowest BCUT2D eigenvalue weighted by atomic mass is 10.0. The first kappa shape index (κ1) is 18.9. The van der Waals surface area contributed by atoms with Crippen LogP contribution >= 0.6 is 0 Å². The Morgan fingerprint density at radius 1 is 1.16 bits per heavy atom. The zero-order chi connectivity index (χ0) is 18.1. The lowest BCUT2D eigenvalue weighted by Gasteiger charge is -2.15. The SMILES string of the molecule is CCc1cccc(CC)c1Nc1cncc(C(=O)NCCCOC)c1. The number of hydrogen-bond acceptors (Lipinski definition) is 4. The van der Waals surface area contributed by atoms with E-state index < -0.39 is 0 Å². The third-order valence-corrected chi connectivity index (χ3v) is 4.08. The van der Waals surface area contributed by atoms with Crippen LogP contribution in [0.1, 0.15) is 41.8 Å². The van der Waals surface area contributed by atoms with E-state index in [1.807, 2.05) is 6.07 Å². The summed E-state index contributed by atoms with van der Waals surface area (Å²) in [5.74, 6) is -0.119. The van der Waals surface area contributed by atoms with E-state index in [4.69, 9.17) is 4.74 Å². The van der Waals surface area contributed by atoms with Gasteiger partial charge in [0.05, 0.1) is 17.4 Å². The number of amides is 1. The number of nitrogens with zero attached hydrogens (tertiary/aromatic N) is 1. The van der Waals surface area contributed by atoms with E-state index in [0.29, 0.717) is 18.7 Å². The molecule has 1 aromatic heterocycles. The van der Waals surface area contributed by atoms with Crippen molar-refractivity contribution in [3.63, 3.8) is 0 Å². The number of carbonyl (C=O) groups excluding carboxylic acids is 1. The van der Waals surface area contributed by atoms with E-state index in [1.165, 1.54) is 11.1 Å². The number of hydrogen-bond donors (Lipinski definition) is 2. The molecule has 1 aromatic carbocycles. The van der Waals surface area contributed by atoms with Crippen molar-refractivity contribution in [2.75, 3.05) is 25.6 Å². The Morgan fingerprint density at radius 3 is 2.52 bits per heavy atom. The van der Waals surface area contributed by atoms with Crippen LogP contribution in [0, 0.1) is 0 Å². The van der Waals surface area contributed by atoms with Crippen LogP contribution in [0.25, 0.3) is 0 Å². The Hall–Kier alpha value is -2.40. The molecule has 0 atom stereocenters. The molecule has 134 valence electrons. The molecule has 0 bridgehead atoms. The largest absolute Gasteiger partial charge is 0.385 e. The molecular weight excluding hydrogens is 314 g/mol. The molecule has 1 amide bonds. The van der Waals surface area contributed by atoms with Gasteiger partial charge in [0.2, 0.25) is 0 Å². The molecule has 5 heteroatoms. The number of rotatable bonds is 9. The van der Waals surface area contributed by atoms with Crippen LogP contribution in [0.15, 0.2) is 36.7 Å². The van der Waals surface area contributed by atoms with Crippen LogP contribution in [-0.4, -0.2) is 31.2 Å². The molecule has 0 saturated heterocycles. The number of nitrogens with one attached hydrogen (secondary N) is 2. The van der Waals surface area contributed by atoms with Crippen molar-refractivity contribution in [1.29, 1.82) is 0 Å². The lowest BCUT2D eigenvalue weighted by Crippen LogP contribution is -2.25. The third-order valence-electron chi connectivity index (χ3n) is 4.08. The first-order valence-corrected chi connectivity index (χ1v) is 8.79. The second-order valence-corrected chi connectivity index (χ2v) is 5.85. The number of methoxy groups -OCH3 is 1. The Bertz CT molecular complexity index is 679. The van der Waals surface area contributed by atoms with E-state index in [0.717, 1.165) is 30.6 Å². The first-order chi connectivity index (χ1) is 12.2. The van der Waals surface area contributed by atoms with Gasteiger partial charge in [-0.25, -0.2) is 0 Å². The highest BCUT2D eigenvalue weighted by atomic mass is 16.5. The van der Waals surface area contributed by atoms with E-state index in [-0.39, 0.29) is 5.91 Å². The summed E-state index contributed by atoms with van der Waals surface area (Å²) in [7, 11) is 1.65. The fraction of sp³-hybridized carbons (Fsp3) is 0.400. The van der Waals surface area contributed by atoms with Crippen LogP contribution in [0.5, 0.6) is 0 Å². The monoisotopic (exact) mass is 341 g/mol. The first-order valence-electron chi connectivity index (χ1n) is 8.79. The van der Waals surface area contributed by atoms with Crippen molar-refractivity contribution in [3.05, 3.63) is 53.3 Å². The number of pyridine rings is 1. The zero-order valence-corrected chi connectivity index (χ0v) is 15.3. The van der Waals surface area contributed by atoms with Gasteiger partial charge < -0.3 is 15.4 Å². The van der Waals surface area contributed by atoms with Crippen LogP contribution in [0.4, 0.5) is 11.4 Å². The highest BCUT2D eigenvalue weighted by Gasteiger charge is 2.10. The van der Waals surface area contributed by atoms with Crippen molar-refractivity contribution in [2.24, 2.45) is 0 Å². The summed E-state index contributed by atoms with van der Waals surface area (Å²) >= 11 is 0. The van der Waals surface area contributed by atoms with Crippen LogP contribution in [-0.2, 0) is 17.6 Å². The van der Waals surface area contributed by atoms with Gasteiger partial charge in [-0.15, -0.1) is 0 Å². The molecule has 5 nitrogen and oxygen atoms in total. The molecule has 1 heterocycles. The second-order valence-electron chi connectivity index (χ2n) is 5.85. The summed E-state index contributed by atoms with van der Waals surface area (Å²) in [5.41, 5.74) is 5.00. The Morgan fingerprint density at radius 2 is 1.88 bits per heavy atom. The fourth-order valence-electron chi connectivity index (χ4n) is 2.70. The summed E-state index contributed by atoms with van der Waals surface area (Å²) in [6, 6.07) is 8.18. The topological polar surface area (TPSA) is 63.2 Å². The molecule has 0 saturated carbocycles. The van der Waals surface area contributed by atoms with Gasteiger partial charge in [-0.05, 0) is 36.5 Å². The average Bonchev–Trinajstić information content (AvgIpc) is 2.65. The second kappa shape index (κ2) is 9.79. The predicted octanol–water partition coefficient (Wildman–Crippen LogP) is 3.72. The minimum absolute atomic E-state index is 0.119. The Balaban J connectivity index is 2.13. The van der Waals surface area contributed by atoms with Gasteiger partial charge in [0, 0.05) is 32.1 Å². The van der Waals surface area contributed by atoms with Gasteiger partial charge in [-0.1, -0.05) is 32.0 Å². The van der Waals surface area contributed by atoms with E-state index in [1.54, 1.807) is 19.5 Å². The smallest absolute Gasteiger partial charge is 0.252 e. The third kappa shape index (κ3) is 5.29. The minimum atomic E-state index is -0.119. The van der Waals surface area contributed by atoms with Gasteiger partial charge in [-0.3, -0.25) is 9.78 Å². The van der Waals surface area contributed by atoms with Crippen molar-refractivity contribution < 1.29 is 9.53 Å². The molecule has 0 aliphatic rings. The van der Waals surface area contributed by atoms with Crippen LogP contribution in [0.2, 0.25) is 0 Å². The molecule has 0 aliphatic carbocycles. The van der Waals surface area contributed by atoms with Crippen LogP contribution in [0.3, 0.4) is 0 Å². The standard InChI is InChI=1S/C20H27N3O2/c1-4-15-8-6-9-16(5-2)19(15)23-18-12-17(13-21-14-18)20(24)22-10-7-11-25-3/h6,8-9,12-14,23H,4-5,7,10-11H2,1-3H3,(H,22,24). The van der Waals surface area contributed by atoms with Crippen molar-refractivity contribution in [1.82, 2.24) is 10.3 Å². The molecule has 0 spiro atoms. The zero-order valence-electron chi connectivity index (χ0n) is 15.3. The van der Waals surface area contributed by atoms with E-state index >= 15 is 0 Å².